The lowest BCUT2D eigenvalue weighted by Gasteiger charge is -2.13. The monoisotopic (exact) mass is 302 g/mol. The molecule has 4 N–H and O–H groups in total. The van der Waals surface area contributed by atoms with E-state index in [2.05, 4.69) is 0 Å². The second-order valence-electron chi connectivity index (χ2n) is 5.13. The highest BCUT2D eigenvalue weighted by molar-refractivity contribution is 6.33. The fraction of sp³-hybridized carbons (Fsp3) is 0.188. The Balaban J connectivity index is 2.00. The van der Waals surface area contributed by atoms with Crippen molar-refractivity contribution in [2.24, 2.45) is 5.73 Å². The maximum atomic E-state index is 11.5. The summed E-state index contributed by atoms with van der Waals surface area (Å²) in [6.45, 7) is 0. The van der Waals surface area contributed by atoms with Gasteiger partial charge in [0, 0.05) is 5.69 Å². The molecule has 5 heteroatoms. The van der Waals surface area contributed by atoms with E-state index in [1.807, 2.05) is 18.2 Å². The van der Waals surface area contributed by atoms with Gasteiger partial charge >= 0.3 is 0 Å². The molecule has 2 aromatic rings. The van der Waals surface area contributed by atoms with E-state index >= 15 is 0 Å². The van der Waals surface area contributed by atoms with Crippen molar-refractivity contribution < 1.29 is 9.53 Å². The second kappa shape index (κ2) is 5.30. The van der Waals surface area contributed by atoms with E-state index < -0.39 is 5.91 Å². The Kier molecular flexibility index (Phi) is 3.47. The number of nitrogen functional groups attached to an aromatic ring is 1. The smallest absolute Gasteiger partial charge is 0.252 e. The van der Waals surface area contributed by atoms with Crippen molar-refractivity contribution in [2.75, 3.05) is 5.73 Å². The molecule has 0 aromatic heterocycles. The summed E-state index contributed by atoms with van der Waals surface area (Å²) < 4.78 is 5.79. The highest BCUT2D eigenvalue weighted by atomic mass is 35.5. The SMILES string of the molecule is NC(=O)c1cc(N)cc(Cl)c1Oc1ccc2c(c1)CCC2. The Morgan fingerprint density at radius 2 is 1.90 bits per heavy atom. The topological polar surface area (TPSA) is 78.3 Å². The summed E-state index contributed by atoms with van der Waals surface area (Å²) in [7, 11) is 0. The van der Waals surface area contributed by atoms with Gasteiger partial charge in [-0.1, -0.05) is 17.7 Å². The standard InChI is InChI=1S/C16H15ClN2O2/c17-14-8-11(18)7-13(16(19)20)15(14)21-12-5-4-9-2-1-3-10(9)6-12/h4-8H,1-3,18H2,(H2,19,20). The minimum Gasteiger partial charge on any atom is -0.455 e. The number of hydrogen-bond acceptors (Lipinski definition) is 3. The van der Waals surface area contributed by atoms with Crippen LogP contribution in [-0.2, 0) is 12.8 Å². The number of carbonyl (C=O) groups is 1. The van der Waals surface area contributed by atoms with Crippen LogP contribution in [0.4, 0.5) is 5.69 Å². The molecule has 0 spiro atoms. The summed E-state index contributed by atoms with van der Waals surface area (Å²) in [6.07, 6.45) is 3.31. The van der Waals surface area contributed by atoms with Gasteiger partial charge in [-0.2, -0.15) is 0 Å². The second-order valence-corrected chi connectivity index (χ2v) is 5.54. The Morgan fingerprint density at radius 1 is 1.14 bits per heavy atom. The van der Waals surface area contributed by atoms with Gasteiger partial charge in [0.15, 0.2) is 5.75 Å². The maximum absolute atomic E-state index is 11.5. The molecule has 4 nitrogen and oxygen atoms in total. The molecular formula is C16H15ClN2O2. The van der Waals surface area contributed by atoms with Crippen LogP contribution in [-0.4, -0.2) is 5.91 Å². The number of hydrogen-bond donors (Lipinski definition) is 2. The average molecular weight is 303 g/mol. The molecule has 1 aliphatic rings. The molecule has 0 fully saturated rings. The van der Waals surface area contributed by atoms with Crippen LogP contribution in [0.25, 0.3) is 0 Å². The van der Waals surface area contributed by atoms with Crippen LogP contribution in [0, 0.1) is 0 Å². The summed E-state index contributed by atoms with van der Waals surface area (Å²) in [5, 5.41) is 0.268. The number of rotatable bonds is 3. The van der Waals surface area contributed by atoms with Gasteiger partial charge in [-0.3, -0.25) is 4.79 Å². The normalized spacial score (nSPS) is 13.0. The number of benzene rings is 2. The molecule has 3 rings (SSSR count). The van der Waals surface area contributed by atoms with Crippen LogP contribution in [0.3, 0.4) is 0 Å². The number of anilines is 1. The van der Waals surface area contributed by atoms with Crippen molar-refractivity contribution in [1.29, 1.82) is 0 Å². The predicted molar refractivity (Wildman–Crippen MR) is 82.9 cm³/mol. The van der Waals surface area contributed by atoms with Crippen LogP contribution in [0.15, 0.2) is 30.3 Å². The average Bonchev–Trinajstić information content (AvgIpc) is 2.88. The molecule has 0 aliphatic heterocycles. The first kappa shape index (κ1) is 13.8. The number of fused-ring (bicyclic) bond motifs is 1. The summed E-state index contributed by atoms with van der Waals surface area (Å²) in [5.74, 6) is 0.265. The van der Waals surface area contributed by atoms with E-state index in [4.69, 9.17) is 27.8 Å². The van der Waals surface area contributed by atoms with E-state index in [9.17, 15) is 4.79 Å². The van der Waals surface area contributed by atoms with Crippen LogP contribution in [0.1, 0.15) is 27.9 Å². The first-order valence-electron chi connectivity index (χ1n) is 6.73. The lowest BCUT2D eigenvalue weighted by Crippen LogP contribution is -2.13. The van der Waals surface area contributed by atoms with E-state index in [1.54, 1.807) is 0 Å². The molecule has 0 heterocycles. The molecular weight excluding hydrogens is 288 g/mol. The minimum absolute atomic E-state index is 0.181. The van der Waals surface area contributed by atoms with Gasteiger partial charge < -0.3 is 16.2 Å². The lowest BCUT2D eigenvalue weighted by atomic mass is 10.1. The van der Waals surface area contributed by atoms with E-state index in [0.717, 1.165) is 19.3 Å². The summed E-state index contributed by atoms with van der Waals surface area (Å²) >= 11 is 6.13. The highest BCUT2D eigenvalue weighted by Gasteiger charge is 2.17. The zero-order valence-corrected chi connectivity index (χ0v) is 12.1. The third-order valence-corrected chi connectivity index (χ3v) is 3.90. The fourth-order valence-corrected chi connectivity index (χ4v) is 2.90. The van der Waals surface area contributed by atoms with Crippen LogP contribution < -0.4 is 16.2 Å². The summed E-state index contributed by atoms with van der Waals surface area (Å²) in [4.78, 5) is 11.5. The van der Waals surface area contributed by atoms with Crippen molar-refractivity contribution in [3.8, 4) is 11.5 Å². The molecule has 0 bridgehead atoms. The molecule has 108 valence electrons. The van der Waals surface area contributed by atoms with Crippen molar-refractivity contribution in [1.82, 2.24) is 0 Å². The molecule has 0 saturated carbocycles. The van der Waals surface area contributed by atoms with Crippen LogP contribution >= 0.6 is 11.6 Å². The molecule has 0 saturated heterocycles. The van der Waals surface area contributed by atoms with Crippen molar-refractivity contribution in [2.45, 2.75) is 19.3 Å². The molecule has 0 radical (unpaired) electrons. The first-order valence-corrected chi connectivity index (χ1v) is 7.11. The zero-order valence-electron chi connectivity index (χ0n) is 11.4. The Labute approximate surface area is 127 Å². The van der Waals surface area contributed by atoms with Gasteiger partial charge in [-0.25, -0.2) is 0 Å². The van der Waals surface area contributed by atoms with Gasteiger partial charge in [0.25, 0.3) is 5.91 Å². The Hall–Kier alpha value is -2.20. The van der Waals surface area contributed by atoms with Crippen molar-refractivity contribution in [3.63, 3.8) is 0 Å². The number of amides is 1. The molecule has 0 atom stereocenters. The van der Waals surface area contributed by atoms with Crippen molar-refractivity contribution in [3.05, 3.63) is 52.0 Å². The van der Waals surface area contributed by atoms with Gasteiger partial charge in [0.05, 0.1) is 10.6 Å². The fourth-order valence-electron chi connectivity index (χ4n) is 2.63. The van der Waals surface area contributed by atoms with Crippen molar-refractivity contribution >= 4 is 23.2 Å². The zero-order chi connectivity index (χ0) is 15.0. The number of aryl methyl sites for hydroxylation is 2. The molecule has 2 aromatic carbocycles. The summed E-state index contributed by atoms with van der Waals surface area (Å²) in [6, 6.07) is 8.92. The molecule has 0 unspecified atom stereocenters. The van der Waals surface area contributed by atoms with E-state index in [1.165, 1.54) is 23.3 Å². The van der Waals surface area contributed by atoms with E-state index in [-0.39, 0.29) is 16.3 Å². The number of primary amides is 1. The maximum Gasteiger partial charge on any atom is 0.252 e. The van der Waals surface area contributed by atoms with Gasteiger partial charge in [0.2, 0.25) is 0 Å². The number of halogens is 1. The Bertz CT molecular complexity index is 728. The number of carbonyl (C=O) groups excluding carboxylic acids is 1. The molecule has 1 amide bonds. The highest BCUT2D eigenvalue weighted by Crippen LogP contribution is 2.36. The largest absolute Gasteiger partial charge is 0.455 e. The van der Waals surface area contributed by atoms with E-state index in [0.29, 0.717) is 11.4 Å². The van der Waals surface area contributed by atoms with Gasteiger partial charge in [-0.05, 0) is 54.7 Å². The first-order chi connectivity index (χ1) is 10.0. The van der Waals surface area contributed by atoms with Crippen LogP contribution in [0.2, 0.25) is 5.02 Å². The number of nitrogens with two attached hydrogens (primary N) is 2. The minimum atomic E-state index is -0.625. The Morgan fingerprint density at radius 3 is 2.67 bits per heavy atom. The van der Waals surface area contributed by atoms with Gasteiger partial charge in [0.1, 0.15) is 5.75 Å². The molecule has 21 heavy (non-hydrogen) atoms. The lowest BCUT2D eigenvalue weighted by molar-refractivity contribution is 0.0998. The third kappa shape index (κ3) is 2.67. The quantitative estimate of drug-likeness (QED) is 0.854. The molecule has 1 aliphatic carbocycles. The predicted octanol–water partition coefficient (Wildman–Crippen LogP) is 3.30. The summed E-state index contributed by atoms with van der Waals surface area (Å²) in [5.41, 5.74) is 14.2. The van der Waals surface area contributed by atoms with Gasteiger partial charge in [-0.15, -0.1) is 0 Å². The third-order valence-electron chi connectivity index (χ3n) is 3.62. The number of ether oxygens (including phenoxy) is 1. The van der Waals surface area contributed by atoms with Crippen LogP contribution in [0.5, 0.6) is 11.5 Å².